The summed E-state index contributed by atoms with van der Waals surface area (Å²) in [5.74, 6) is 1.62. The van der Waals surface area contributed by atoms with Crippen LogP contribution in [-0.4, -0.2) is 36.3 Å². The molecule has 2 rings (SSSR count). The Morgan fingerprint density at radius 3 is 2.71 bits per heavy atom. The monoisotopic (exact) mass is 309 g/mol. The second kappa shape index (κ2) is 7.15. The molecule has 21 heavy (non-hydrogen) atoms. The Balaban J connectivity index is 2.29. The largest absolute Gasteiger partial charge is 0.382 e. The van der Waals surface area contributed by atoms with Gasteiger partial charge in [0.05, 0.1) is 18.1 Å². The lowest BCUT2D eigenvalue weighted by molar-refractivity contribution is -0.00257. The normalized spacial score (nSPS) is 12.8. The molecule has 0 saturated heterocycles. The SMILES string of the molecule is CCNc1nc(COC(C)COC)nc2sc(C)c(C)c12. The van der Waals surface area contributed by atoms with Gasteiger partial charge in [-0.2, -0.15) is 0 Å². The van der Waals surface area contributed by atoms with Gasteiger partial charge >= 0.3 is 0 Å². The first-order valence-electron chi connectivity index (χ1n) is 7.17. The summed E-state index contributed by atoms with van der Waals surface area (Å²) in [6.07, 6.45) is 0.0312. The van der Waals surface area contributed by atoms with E-state index >= 15 is 0 Å². The van der Waals surface area contributed by atoms with Crippen molar-refractivity contribution in [2.24, 2.45) is 0 Å². The first-order valence-corrected chi connectivity index (χ1v) is 7.99. The van der Waals surface area contributed by atoms with Crippen LogP contribution in [-0.2, 0) is 16.1 Å². The smallest absolute Gasteiger partial charge is 0.158 e. The first-order chi connectivity index (χ1) is 10.1. The maximum absolute atomic E-state index is 5.71. The Labute approximate surface area is 129 Å². The molecule has 0 spiro atoms. The minimum atomic E-state index is 0.0312. The average Bonchev–Trinajstić information content (AvgIpc) is 2.73. The molecule has 0 aliphatic rings. The minimum absolute atomic E-state index is 0.0312. The third-order valence-electron chi connectivity index (χ3n) is 3.32. The Morgan fingerprint density at radius 2 is 2.05 bits per heavy atom. The predicted molar refractivity (Wildman–Crippen MR) is 87.2 cm³/mol. The van der Waals surface area contributed by atoms with E-state index in [2.05, 4.69) is 36.1 Å². The van der Waals surface area contributed by atoms with Crippen molar-refractivity contribution in [3.8, 4) is 0 Å². The summed E-state index contributed by atoms with van der Waals surface area (Å²) in [4.78, 5) is 11.6. The number of nitrogens with zero attached hydrogens (tertiary/aromatic N) is 2. The highest BCUT2D eigenvalue weighted by Gasteiger charge is 2.14. The number of aromatic nitrogens is 2. The molecule has 2 aromatic heterocycles. The van der Waals surface area contributed by atoms with Crippen molar-refractivity contribution < 1.29 is 9.47 Å². The molecule has 0 radical (unpaired) electrons. The van der Waals surface area contributed by atoms with E-state index in [1.165, 1.54) is 10.4 Å². The average molecular weight is 309 g/mol. The standard InChI is InChI=1S/C15H23N3O2S/c1-6-16-14-13-10(3)11(4)21-15(13)18-12(17-14)8-20-9(2)7-19-5/h9H,6-8H2,1-5H3,(H,16,17,18). The number of hydrogen-bond acceptors (Lipinski definition) is 6. The van der Waals surface area contributed by atoms with Gasteiger partial charge in [-0.05, 0) is 33.3 Å². The Kier molecular flexibility index (Phi) is 5.50. The van der Waals surface area contributed by atoms with Crippen LogP contribution in [0.3, 0.4) is 0 Å². The molecule has 0 bridgehead atoms. The summed E-state index contributed by atoms with van der Waals surface area (Å²) in [6, 6.07) is 0. The van der Waals surface area contributed by atoms with Gasteiger partial charge in [0, 0.05) is 18.5 Å². The zero-order chi connectivity index (χ0) is 15.4. The second-order valence-electron chi connectivity index (χ2n) is 5.06. The van der Waals surface area contributed by atoms with Gasteiger partial charge in [-0.25, -0.2) is 9.97 Å². The molecule has 1 unspecified atom stereocenters. The number of thiophene rings is 1. The predicted octanol–water partition coefficient (Wildman–Crippen LogP) is 3.29. The van der Waals surface area contributed by atoms with Crippen molar-refractivity contribution in [3.05, 3.63) is 16.3 Å². The summed E-state index contributed by atoms with van der Waals surface area (Å²) in [6.45, 7) is 10.1. The van der Waals surface area contributed by atoms with Crippen LogP contribution in [0.5, 0.6) is 0 Å². The Hall–Kier alpha value is -1.24. The quantitative estimate of drug-likeness (QED) is 0.850. The van der Waals surface area contributed by atoms with Crippen LogP contribution in [0.1, 0.15) is 30.1 Å². The number of nitrogens with one attached hydrogen (secondary N) is 1. The molecule has 0 aliphatic heterocycles. The fourth-order valence-corrected chi connectivity index (χ4v) is 3.20. The fraction of sp³-hybridized carbons (Fsp3) is 0.600. The molecule has 2 aromatic rings. The lowest BCUT2D eigenvalue weighted by Crippen LogP contribution is -2.15. The van der Waals surface area contributed by atoms with Gasteiger partial charge in [-0.3, -0.25) is 0 Å². The minimum Gasteiger partial charge on any atom is -0.382 e. The van der Waals surface area contributed by atoms with Crippen molar-refractivity contribution in [3.63, 3.8) is 0 Å². The molecule has 0 aromatic carbocycles. The number of ether oxygens (including phenoxy) is 2. The van der Waals surface area contributed by atoms with Crippen LogP contribution in [0.4, 0.5) is 5.82 Å². The first kappa shape index (κ1) is 16.1. The van der Waals surface area contributed by atoms with Gasteiger partial charge in [-0.15, -0.1) is 11.3 Å². The molecule has 2 heterocycles. The molecule has 0 amide bonds. The van der Waals surface area contributed by atoms with E-state index in [9.17, 15) is 0 Å². The van der Waals surface area contributed by atoms with Crippen LogP contribution in [0.25, 0.3) is 10.2 Å². The number of rotatable bonds is 7. The summed E-state index contributed by atoms with van der Waals surface area (Å²) in [5, 5.41) is 4.47. The van der Waals surface area contributed by atoms with E-state index in [-0.39, 0.29) is 6.10 Å². The van der Waals surface area contributed by atoms with E-state index in [0.29, 0.717) is 19.0 Å². The molecule has 0 aliphatic carbocycles. The van der Waals surface area contributed by atoms with Crippen molar-refractivity contribution in [1.82, 2.24) is 9.97 Å². The van der Waals surface area contributed by atoms with E-state index in [0.717, 1.165) is 22.6 Å². The zero-order valence-corrected chi connectivity index (χ0v) is 14.1. The van der Waals surface area contributed by atoms with E-state index in [1.807, 2.05) is 6.92 Å². The molecular weight excluding hydrogens is 286 g/mol. The van der Waals surface area contributed by atoms with Gasteiger partial charge < -0.3 is 14.8 Å². The van der Waals surface area contributed by atoms with Gasteiger partial charge in [0.2, 0.25) is 0 Å². The highest BCUT2D eigenvalue weighted by Crippen LogP contribution is 2.33. The highest BCUT2D eigenvalue weighted by atomic mass is 32.1. The lowest BCUT2D eigenvalue weighted by atomic mass is 10.2. The van der Waals surface area contributed by atoms with Crippen LogP contribution < -0.4 is 5.32 Å². The third-order valence-corrected chi connectivity index (χ3v) is 4.42. The number of anilines is 1. The Bertz CT molecular complexity index is 612. The molecule has 1 atom stereocenters. The summed E-state index contributed by atoms with van der Waals surface area (Å²) in [7, 11) is 1.67. The zero-order valence-electron chi connectivity index (χ0n) is 13.3. The van der Waals surface area contributed by atoms with Gasteiger partial charge in [-0.1, -0.05) is 0 Å². The summed E-state index contributed by atoms with van der Waals surface area (Å²) >= 11 is 1.71. The molecule has 0 saturated carbocycles. The van der Waals surface area contributed by atoms with E-state index in [4.69, 9.17) is 9.47 Å². The molecule has 5 nitrogen and oxygen atoms in total. The maximum Gasteiger partial charge on any atom is 0.158 e. The van der Waals surface area contributed by atoms with Crippen LogP contribution in [0.2, 0.25) is 0 Å². The topological polar surface area (TPSA) is 56.3 Å². The molecule has 6 heteroatoms. The Morgan fingerprint density at radius 1 is 1.29 bits per heavy atom. The molecule has 116 valence electrons. The molecule has 0 fully saturated rings. The van der Waals surface area contributed by atoms with Crippen LogP contribution in [0, 0.1) is 13.8 Å². The number of fused-ring (bicyclic) bond motifs is 1. The van der Waals surface area contributed by atoms with Gasteiger partial charge in [0.15, 0.2) is 5.82 Å². The van der Waals surface area contributed by atoms with Crippen LogP contribution in [0.15, 0.2) is 0 Å². The van der Waals surface area contributed by atoms with Crippen LogP contribution >= 0.6 is 11.3 Å². The number of hydrogen-bond donors (Lipinski definition) is 1. The number of aryl methyl sites for hydroxylation is 2. The fourth-order valence-electron chi connectivity index (χ4n) is 2.15. The summed E-state index contributed by atoms with van der Waals surface area (Å²) in [5.41, 5.74) is 1.26. The summed E-state index contributed by atoms with van der Waals surface area (Å²) < 4.78 is 10.8. The highest BCUT2D eigenvalue weighted by molar-refractivity contribution is 7.18. The van der Waals surface area contributed by atoms with Gasteiger partial charge in [0.1, 0.15) is 17.3 Å². The third kappa shape index (κ3) is 3.70. The van der Waals surface area contributed by atoms with Crippen molar-refractivity contribution in [2.45, 2.75) is 40.4 Å². The van der Waals surface area contributed by atoms with E-state index < -0.39 is 0 Å². The van der Waals surface area contributed by atoms with Crippen molar-refractivity contribution in [1.29, 1.82) is 0 Å². The molecule has 1 N–H and O–H groups in total. The second-order valence-corrected chi connectivity index (χ2v) is 6.26. The van der Waals surface area contributed by atoms with Crippen molar-refractivity contribution >= 4 is 27.4 Å². The van der Waals surface area contributed by atoms with Crippen molar-refractivity contribution in [2.75, 3.05) is 25.6 Å². The lowest BCUT2D eigenvalue weighted by Gasteiger charge is -2.12. The van der Waals surface area contributed by atoms with E-state index in [1.54, 1.807) is 18.4 Å². The van der Waals surface area contributed by atoms with Gasteiger partial charge in [0.25, 0.3) is 0 Å². The maximum atomic E-state index is 5.71. The molecular formula is C15H23N3O2S. The number of methoxy groups -OCH3 is 1.